The van der Waals surface area contributed by atoms with Gasteiger partial charge in [0.15, 0.2) is 0 Å². The van der Waals surface area contributed by atoms with E-state index in [0.29, 0.717) is 25.7 Å². The summed E-state index contributed by atoms with van der Waals surface area (Å²) in [6.45, 7) is 3.78. The van der Waals surface area contributed by atoms with E-state index in [1.807, 2.05) is 19.1 Å². The quantitative estimate of drug-likeness (QED) is 0.523. The molecule has 0 radical (unpaired) electrons. The lowest BCUT2D eigenvalue weighted by atomic mass is 9.77. The van der Waals surface area contributed by atoms with Gasteiger partial charge < -0.3 is 25.0 Å². The first kappa shape index (κ1) is 17.7. The number of ether oxygens (including phenoxy) is 2. The molecule has 0 fully saturated rings. The highest BCUT2D eigenvalue weighted by atomic mass is 16.5. The number of phenols is 2. The van der Waals surface area contributed by atoms with Gasteiger partial charge in [-0.2, -0.15) is 0 Å². The molecule has 1 aliphatic carbocycles. The molecule has 4 rings (SSSR count). The summed E-state index contributed by atoms with van der Waals surface area (Å²) in [7, 11) is 0. The second kappa shape index (κ2) is 7.53. The zero-order valence-corrected chi connectivity index (χ0v) is 15.4. The van der Waals surface area contributed by atoms with Crippen molar-refractivity contribution in [2.24, 2.45) is 5.92 Å². The van der Waals surface area contributed by atoms with Gasteiger partial charge in [-0.1, -0.05) is 12.2 Å². The van der Waals surface area contributed by atoms with Crippen molar-refractivity contribution < 1.29 is 19.7 Å². The minimum Gasteiger partial charge on any atom is -0.508 e. The van der Waals surface area contributed by atoms with Gasteiger partial charge in [0.1, 0.15) is 23.9 Å². The van der Waals surface area contributed by atoms with Crippen molar-refractivity contribution >= 4 is 5.69 Å². The number of phenolic OH excluding ortho intramolecular Hbond substituents is 2. The van der Waals surface area contributed by atoms with E-state index in [1.165, 1.54) is 11.6 Å². The number of benzene rings is 2. The van der Waals surface area contributed by atoms with Crippen molar-refractivity contribution in [3.63, 3.8) is 0 Å². The van der Waals surface area contributed by atoms with Crippen molar-refractivity contribution in [1.82, 2.24) is 0 Å². The molecule has 0 spiro atoms. The molecule has 0 saturated heterocycles. The largest absolute Gasteiger partial charge is 0.508 e. The molecule has 1 aliphatic heterocycles. The van der Waals surface area contributed by atoms with E-state index in [1.54, 1.807) is 12.1 Å². The summed E-state index contributed by atoms with van der Waals surface area (Å²) in [5, 5.41) is 23.5. The summed E-state index contributed by atoms with van der Waals surface area (Å²) < 4.78 is 11.2. The molecule has 0 aromatic heterocycles. The summed E-state index contributed by atoms with van der Waals surface area (Å²) in [6.07, 6.45) is 5.40. The molecule has 2 aromatic rings. The molecule has 3 unspecified atom stereocenters. The Kier molecular flexibility index (Phi) is 4.94. The van der Waals surface area contributed by atoms with Crippen LogP contribution in [0.4, 0.5) is 5.69 Å². The first-order chi connectivity index (χ1) is 13.2. The number of allylic oxidation sites excluding steroid dienone is 2. The number of fused-ring (bicyclic) bond motifs is 3. The highest BCUT2D eigenvalue weighted by Gasteiger charge is 2.39. The number of rotatable bonds is 6. The molecule has 3 N–H and O–H groups in total. The van der Waals surface area contributed by atoms with Gasteiger partial charge in [0, 0.05) is 29.8 Å². The summed E-state index contributed by atoms with van der Waals surface area (Å²) in [4.78, 5) is 0. The lowest BCUT2D eigenvalue weighted by molar-refractivity contribution is 0.110. The van der Waals surface area contributed by atoms with Gasteiger partial charge >= 0.3 is 0 Å². The highest BCUT2D eigenvalue weighted by molar-refractivity contribution is 5.62. The Morgan fingerprint density at radius 1 is 1.07 bits per heavy atom. The SMILES string of the molecule is CCOCCOc1ccc2c(c1)C1C=CCC1C(c1ccc(O)cc1O)N2. The van der Waals surface area contributed by atoms with Crippen molar-refractivity contribution in [2.45, 2.75) is 25.3 Å². The molecule has 3 atom stereocenters. The van der Waals surface area contributed by atoms with E-state index in [0.717, 1.165) is 23.4 Å². The number of aromatic hydroxyl groups is 2. The molecule has 2 aromatic carbocycles. The molecule has 2 aliphatic rings. The van der Waals surface area contributed by atoms with Gasteiger partial charge in [-0.05, 0) is 55.2 Å². The molecule has 1 heterocycles. The fourth-order valence-corrected chi connectivity index (χ4v) is 4.13. The van der Waals surface area contributed by atoms with Crippen LogP contribution >= 0.6 is 0 Å². The van der Waals surface area contributed by atoms with Crippen molar-refractivity contribution in [3.8, 4) is 17.2 Å². The average molecular weight is 367 g/mol. The lowest BCUT2D eigenvalue weighted by Gasteiger charge is -2.37. The highest BCUT2D eigenvalue weighted by Crippen LogP contribution is 2.51. The van der Waals surface area contributed by atoms with Crippen molar-refractivity contribution in [3.05, 3.63) is 59.7 Å². The van der Waals surface area contributed by atoms with Crippen LogP contribution in [0.15, 0.2) is 48.6 Å². The van der Waals surface area contributed by atoms with Crippen LogP contribution in [0, 0.1) is 5.92 Å². The van der Waals surface area contributed by atoms with Gasteiger partial charge in [-0.25, -0.2) is 0 Å². The number of hydrogen-bond donors (Lipinski definition) is 3. The van der Waals surface area contributed by atoms with Gasteiger partial charge in [-0.15, -0.1) is 0 Å². The molecule has 0 amide bonds. The zero-order chi connectivity index (χ0) is 18.8. The van der Waals surface area contributed by atoms with Crippen LogP contribution in [0.2, 0.25) is 0 Å². The number of anilines is 1. The molecule has 5 nitrogen and oxygen atoms in total. The van der Waals surface area contributed by atoms with E-state index in [-0.39, 0.29) is 23.5 Å². The van der Waals surface area contributed by atoms with Crippen molar-refractivity contribution in [2.75, 3.05) is 25.1 Å². The normalized spacial score (nSPS) is 22.8. The van der Waals surface area contributed by atoms with Crippen LogP contribution < -0.4 is 10.1 Å². The van der Waals surface area contributed by atoms with E-state index in [9.17, 15) is 10.2 Å². The van der Waals surface area contributed by atoms with Crippen LogP contribution in [0.25, 0.3) is 0 Å². The molecule has 0 saturated carbocycles. The molecular formula is C22H25NO4. The fourth-order valence-electron chi connectivity index (χ4n) is 4.13. The van der Waals surface area contributed by atoms with Gasteiger partial charge in [-0.3, -0.25) is 0 Å². The van der Waals surface area contributed by atoms with Gasteiger partial charge in [0.25, 0.3) is 0 Å². The van der Waals surface area contributed by atoms with Crippen molar-refractivity contribution in [1.29, 1.82) is 0 Å². The molecule has 0 bridgehead atoms. The minimum atomic E-state index is -0.0113. The molecule has 142 valence electrons. The van der Waals surface area contributed by atoms with E-state index < -0.39 is 0 Å². The summed E-state index contributed by atoms with van der Waals surface area (Å²) in [5.74, 6) is 1.63. The Hall–Kier alpha value is -2.66. The Morgan fingerprint density at radius 3 is 2.78 bits per heavy atom. The molecular weight excluding hydrogens is 342 g/mol. The summed E-state index contributed by atoms with van der Waals surface area (Å²) >= 11 is 0. The maximum atomic E-state index is 10.3. The predicted octanol–water partition coefficient (Wildman–Crippen LogP) is 4.34. The number of hydrogen-bond acceptors (Lipinski definition) is 5. The summed E-state index contributed by atoms with van der Waals surface area (Å²) in [6, 6.07) is 10.9. The topological polar surface area (TPSA) is 71.0 Å². The Morgan fingerprint density at radius 2 is 1.96 bits per heavy atom. The Bertz CT molecular complexity index is 848. The second-order valence-electron chi connectivity index (χ2n) is 7.01. The third kappa shape index (κ3) is 3.47. The fraction of sp³-hybridized carbons (Fsp3) is 0.364. The maximum absolute atomic E-state index is 10.3. The van der Waals surface area contributed by atoms with E-state index >= 15 is 0 Å². The first-order valence-corrected chi connectivity index (χ1v) is 9.47. The summed E-state index contributed by atoms with van der Waals surface area (Å²) in [5.41, 5.74) is 3.09. The Labute approximate surface area is 159 Å². The van der Waals surface area contributed by atoms with Crippen LogP contribution in [-0.2, 0) is 4.74 Å². The maximum Gasteiger partial charge on any atom is 0.124 e. The van der Waals surface area contributed by atoms with Gasteiger partial charge in [0.2, 0.25) is 0 Å². The van der Waals surface area contributed by atoms with E-state index in [2.05, 4.69) is 23.5 Å². The number of nitrogens with one attached hydrogen (secondary N) is 1. The average Bonchev–Trinajstić information content (AvgIpc) is 3.15. The second-order valence-corrected chi connectivity index (χ2v) is 7.01. The molecule has 5 heteroatoms. The van der Waals surface area contributed by atoms with Gasteiger partial charge in [0.05, 0.1) is 12.6 Å². The van der Waals surface area contributed by atoms with Crippen LogP contribution in [0.5, 0.6) is 17.2 Å². The van der Waals surface area contributed by atoms with E-state index in [4.69, 9.17) is 9.47 Å². The van der Waals surface area contributed by atoms with Crippen LogP contribution in [0.3, 0.4) is 0 Å². The van der Waals surface area contributed by atoms with Crippen LogP contribution in [-0.4, -0.2) is 30.0 Å². The zero-order valence-electron chi connectivity index (χ0n) is 15.4. The monoisotopic (exact) mass is 367 g/mol. The Balaban J connectivity index is 1.60. The standard InChI is InChI=1S/C22H25NO4/c1-2-26-10-11-27-15-7-9-20-19(13-15)16-4-3-5-17(16)22(23-20)18-8-6-14(24)12-21(18)25/h3-4,6-9,12-13,16-17,22-25H,2,5,10-11H2,1H3. The third-order valence-electron chi connectivity index (χ3n) is 5.38. The predicted molar refractivity (Wildman–Crippen MR) is 105 cm³/mol. The molecule has 27 heavy (non-hydrogen) atoms. The van der Waals surface area contributed by atoms with Crippen LogP contribution in [0.1, 0.15) is 36.4 Å². The first-order valence-electron chi connectivity index (χ1n) is 9.47. The lowest BCUT2D eigenvalue weighted by Crippen LogP contribution is -2.29. The minimum absolute atomic E-state index is 0.0113. The third-order valence-corrected chi connectivity index (χ3v) is 5.38. The smallest absolute Gasteiger partial charge is 0.124 e.